The molecule has 6 nitrogen and oxygen atoms in total. The summed E-state index contributed by atoms with van der Waals surface area (Å²) in [5, 5.41) is 0.687. The molecule has 7 heteroatoms. The molecule has 1 aliphatic rings. The summed E-state index contributed by atoms with van der Waals surface area (Å²) in [7, 11) is 4.05. The molecule has 0 aliphatic carbocycles. The van der Waals surface area contributed by atoms with E-state index in [2.05, 4.69) is 34.1 Å². The summed E-state index contributed by atoms with van der Waals surface area (Å²) in [5.74, 6) is 0.0953. The van der Waals surface area contributed by atoms with Gasteiger partial charge in [0.1, 0.15) is 4.83 Å². The van der Waals surface area contributed by atoms with E-state index in [9.17, 15) is 9.59 Å². The minimum atomic E-state index is -0.0497. The van der Waals surface area contributed by atoms with Gasteiger partial charge in [0.05, 0.1) is 17.8 Å². The zero-order chi connectivity index (χ0) is 21.4. The third-order valence-corrected chi connectivity index (χ3v) is 7.18. The molecule has 0 bridgehead atoms. The summed E-state index contributed by atoms with van der Waals surface area (Å²) in [6, 6.07) is 8.51. The summed E-state index contributed by atoms with van der Waals surface area (Å²) >= 11 is 1.54. The maximum absolute atomic E-state index is 13.0. The van der Waals surface area contributed by atoms with E-state index in [-0.39, 0.29) is 17.5 Å². The average molecular weight is 425 g/mol. The number of thiophene rings is 1. The quantitative estimate of drug-likeness (QED) is 0.623. The monoisotopic (exact) mass is 424 g/mol. The van der Waals surface area contributed by atoms with Crippen molar-refractivity contribution in [2.24, 2.45) is 0 Å². The molecule has 30 heavy (non-hydrogen) atoms. The lowest BCUT2D eigenvalue weighted by Crippen LogP contribution is -2.32. The van der Waals surface area contributed by atoms with Crippen molar-refractivity contribution in [3.63, 3.8) is 0 Å². The van der Waals surface area contributed by atoms with Gasteiger partial charge in [-0.05, 0) is 49.9 Å². The van der Waals surface area contributed by atoms with Gasteiger partial charge >= 0.3 is 0 Å². The Labute approximate surface area is 180 Å². The first kappa shape index (κ1) is 20.6. The molecule has 1 aliphatic heterocycles. The molecule has 158 valence electrons. The number of carbonyl (C=O) groups is 1. The van der Waals surface area contributed by atoms with Crippen LogP contribution in [0, 0.1) is 13.8 Å². The maximum Gasteiger partial charge on any atom is 0.262 e. The summed E-state index contributed by atoms with van der Waals surface area (Å²) in [6.07, 6.45) is 3.86. The molecule has 1 saturated heterocycles. The van der Waals surface area contributed by atoms with Gasteiger partial charge in [0.2, 0.25) is 5.91 Å². The first-order valence-corrected chi connectivity index (χ1v) is 11.2. The number of hydrogen-bond donors (Lipinski definition) is 0. The molecule has 1 amide bonds. The highest BCUT2D eigenvalue weighted by atomic mass is 32.1. The predicted octanol–water partition coefficient (Wildman–Crippen LogP) is 3.89. The zero-order valence-electron chi connectivity index (χ0n) is 18.0. The zero-order valence-corrected chi connectivity index (χ0v) is 18.8. The van der Waals surface area contributed by atoms with E-state index in [4.69, 9.17) is 0 Å². The second-order valence-electron chi connectivity index (χ2n) is 8.19. The topological polar surface area (TPSA) is 58.4 Å². The third-order valence-electron chi connectivity index (χ3n) is 6.07. The number of hydrogen-bond acceptors (Lipinski definition) is 5. The van der Waals surface area contributed by atoms with Crippen LogP contribution >= 0.6 is 11.3 Å². The van der Waals surface area contributed by atoms with Gasteiger partial charge < -0.3 is 9.80 Å². The van der Waals surface area contributed by atoms with Crippen LogP contribution in [0.25, 0.3) is 10.2 Å². The fourth-order valence-electron chi connectivity index (χ4n) is 4.21. The van der Waals surface area contributed by atoms with E-state index in [1.54, 1.807) is 22.2 Å². The molecule has 2 aromatic heterocycles. The molecule has 3 heterocycles. The van der Waals surface area contributed by atoms with Gasteiger partial charge in [0.25, 0.3) is 5.56 Å². The summed E-state index contributed by atoms with van der Waals surface area (Å²) in [4.78, 5) is 36.3. The van der Waals surface area contributed by atoms with Crippen molar-refractivity contribution in [3.8, 4) is 0 Å². The number of anilines is 1. The smallest absolute Gasteiger partial charge is 0.262 e. The molecule has 4 rings (SSSR count). The number of amides is 1. The van der Waals surface area contributed by atoms with Crippen molar-refractivity contribution in [1.82, 2.24) is 14.5 Å². The molecule has 0 spiro atoms. The van der Waals surface area contributed by atoms with E-state index in [0.717, 1.165) is 40.3 Å². The fourth-order valence-corrected chi connectivity index (χ4v) is 5.20. The first-order chi connectivity index (χ1) is 14.4. The van der Waals surface area contributed by atoms with Gasteiger partial charge in [-0.3, -0.25) is 14.2 Å². The Balaban J connectivity index is 1.51. The van der Waals surface area contributed by atoms with Crippen LogP contribution < -0.4 is 10.5 Å². The second kappa shape index (κ2) is 8.22. The Hall–Kier alpha value is -2.67. The van der Waals surface area contributed by atoms with Crippen molar-refractivity contribution in [1.29, 1.82) is 0 Å². The largest absolute Gasteiger partial charge is 0.378 e. The van der Waals surface area contributed by atoms with Crippen molar-refractivity contribution in [2.45, 2.75) is 45.7 Å². The Bertz CT molecular complexity index is 1150. The maximum atomic E-state index is 13.0. The minimum Gasteiger partial charge on any atom is -0.378 e. The van der Waals surface area contributed by atoms with Crippen LogP contribution in [0.4, 0.5) is 5.69 Å². The van der Waals surface area contributed by atoms with Gasteiger partial charge in [0.15, 0.2) is 0 Å². The molecule has 1 aromatic carbocycles. The normalized spacial score (nSPS) is 16.4. The number of nitrogens with zero attached hydrogens (tertiary/aromatic N) is 4. The molecular weight excluding hydrogens is 396 g/mol. The third kappa shape index (κ3) is 3.74. The van der Waals surface area contributed by atoms with Crippen LogP contribution in [0.3, 0.4) is 0 Å². The van der Waals surface area contributed by atoms with Crippen molar-refractivity contribution >= 4 is 33.1 Å². The molecule has 1 atom stereocenters. The summed E-state index contributed by atoms with van der Waals surface area (Å²) in [5.41, 5.74) is 3.26. The molecule has 0 saturated carbocycles. The van der Waals surface area contributed by atoms with Crippen LogP contribution in [0.5, 0.6) is 0 Å². The number of carbonyl (C=O) groups excluding carboxylic acids is 1. The molecule has 0 radical (unpaired) electrons. The Morgan fingerprint density at radius 3 is 2.87 bits per heavy atom. The van der Waals surface area contributed by atoms with Gasteiger partial charge in [-0.1, -0.05) is 12.1 Å². The molecule has 1 unspecified atom stereocenters. The van der Waals surface area contributed by atoms with Crippen molar-refractivity contribution in [2.75, 3.05) is 25.5 Å². The highest BCUT2D eigenvalue weighted by Gasteiger charge is 2.30. The van der Waals surface area contributed by atoms with E-state index >= 15 is 0 Å². The lowest BCUT2D eigenvalue weighted by Gasteiger charge is -2.26. The number of benzene rings is 1. The first-order valence-electron chi connectivity index (χ1n) is 10.4. The number of aryl methyl sites for hydroxylation is 3. The van der Waals surface area contributed by atoms with Gasteiger partial charge in [0, 0.05) is 44.2 Å². The Morgan fingerprint density at radius 2 is 2.10 bits per heavy atom. The lowest BCUT2D eigenvalue weighted by atomic mass is 10.0. The predicted molar refractivity (Wildman–Crippen MR) is 122 cm³/mol. The number of likely N-dealkylation sites (tertiary alicyclic amines) is 1. The highest BCUT2D eigenvalue weighted by molar-refractivity contribution is 7.18. The minimum absolute atomic E-state index is 0.0497. The number of rotatable bonds is 5. The summed E-state index contributed by atoms with van der Waals surface area (Å²) in [6.45, 7) is 5.10. The fraction of sp³-hybridized carbons (Fsp3) is 0.435. The number of aromatic nitrogens is 2. The second-order valence-corrected chi connectivity index (χ2v) is 9.39. The van der Waals surface area contributed by atoms with E-state index in [1.165, 1.54) is 5.56 Å². The average Bonchev–Trinajstić information content (AvgIpc) is 3.33. The van der Waals surface area contributed by atoms with Crippen LogP contribution in [-0.4, -0.2) is 41.0 Å². The summed E-state index contributed by atoms with van der Waals surface area (Å²) < 4.78 is 1.58. The van der Waals surface area contributed by atoms with Gasteiger partial charge in [-0.2, -0.15) is 0 Å². The van der Waals surface area contributed by atoms with Crippen LogP contribution in [0.2, 0.25) is 0 Å². The van der Waals surface area contributed by atoms with Crippen LogP contribution in [-0.2, 0) is 11.3 Å². The number of fused-ring (bicyclic) bond motifs is 1. The van der Waals surface area contributed by atoms with E-state index < -0.39 is 0 Å². The standard InChI is InChI=1S/C23H28N4O2S/c1-15-16(2)30-22-21(15)23(29)26(14-24-22)12-10-20(28)27-11-6-9-19(27)17-7-5-8-18(13-17)25(3)4/h5,7-8,13-14,19H,6,9-12H2,1-4H3. The highest BCUT2D eigenvalue weighted by Crippen LogP contribution is 2.34. The lowest BCUT2D eigenvalue weighted by molar-refractivity contribution is -0.132. The van der Waals surface area contributed by atoms with Gasteiger partial charge in [-0.25, -0.2) is 4.98 Å². The van der Waals surface area contributed by atoms with Crippen molar-refractivity contribution < 1.29 is 4.79 Å². The van der Waals surface area contributed by atoms with Crippen LogP contribution in [0.15, 0.2) is 35.4 Å². The van der Waals surface area contributed by atoms with E-state index in [1.807, 2.05) is 32.8 Å². The van der Waals surface area contributed by atoms with Crippen molar-refractivity contribution in [3.05, 3.63) is 57.0 Å². The molecular formula is C23H28N4O2S. The molecule has 0 N–H and O–H groups in total. The van der Waals surface area contributed by atoms with E-state index in [0.29, 0.717) is 18.4 Å². The Kier molecular flexibility index (Phi) is 5.64. The van der Waals surface area contributed by atoms with Crippen LogP contribution in [0.1, 0.15) is 41.3 Å². The Morgan fingerprint density at radius 1 is 1.30 bits per heavy atom. The van der Waals surface area contributed by atoms with Gasteiger partial charge in [-0.15, -0.1) is 11.3 Å². The molecule has 1 fully saturated rings. The SMILES string of the molecule is Cc1sc2ncn(CCC(=O)N3CCCC3c3cccc(N(C)C)c3)c(=O)c2c1C. The molecule has 3 aromatic rings.